The molecule has 1 unspecified atom stereocenters. The highest BCUT2D eigenvalue weighted by Gasteiger charge is 2.59. The van der Waals surface area contributed by atoms with Gasteiger partial charge in [0.05, 0.1) is 12.2 Å². The molecule has 0 bridgehead atoms. The Hall–Kier alpha value is -1.32. The molecule has 268 valence electrons. The second-order valence-corrected chi connectivity index (χ2v) is 19.6. The first-order valence-corrected chi connectivity index (χ1v) is 20.7. The number of allylic oxidation sites excluding steroid dienone is 1. The van der Waals surface area contributed by atoms with Crippen LogP contribution in [0.5, 0.6) is 5.75 Å². The summed E-state index contributed by atoms with van der Waals surface area (Å²) in [4.78, 5) is 0. The summed E-state index contributed by atoms with van der Waals surface area (Å²) < 4.78 is 0. The molecule has 3 nitrogen and oxygen atoms in total. The molecule has 13 atom stereocenters. The zero-order valence-electron chi connectivity index (χ0n) is 31.5. The molecule has 7 aliphatic rings. The molecule has 7 aliphatic carbocycles. The highest BCUT2D eigenvalue weighted by atomic mass is 16.3. The Morgan fingerprint density at radius 3 is 2.31 bits per heavy atom. The largest absolute Gasteiger partial charge is 0.508 e. The van der Waals surface area contributed by atoms with E-state index in [4.69, 9.17) is 0 Å². The fraction of sp³-hybridized carbons (Fsp3) is 0.822. The molecule has 3 heteroatoms. The van der Waals surface area contributed by atoms with Crippen LogP contribution < -0.4 is 0 Å². The number of aryl methyl sites for hydroxylation is 1. The lowest BCUT2D eigenvalue weighted by molar-refractivity contribution is -0.0573. The van der Waals surface area contributed by atoms with E-state index < -0.39 is 0 Å². The zero-order chi connectivity index (χ0) is 34.0. The molecule has 0 saturated heterocycles. The molecule has 8 rings (SSSR count). The number of fused-ring (bicyclic) bond motifs is 10. The van der Waals surface area contributed by atoms with Gasteiger partial charge in [0.25, 0.3) is 0 Å². The number of hydrogen-bond donors (Lipinski definition) is 3. The van der Waals surface area contributed by atoms with Crippen LogP contribution in [0.25, 0.3) is 0 Å². The van der Waals surface area contributed by atoms with E-state index in [9.17, 15) is 15.3 Å². The van der Waals surface area contributed by atoms with Gasteiger partial charge >= 0.3 is 0 Å². The van der Waals surface area contributed by atoms with Crippen LogP contribution in [0.4, 0.5) is 0 Å². The van der Waals surface area contributed by atoms with E-state index >= 15 is 0 Å². The van der Waals surface area contributed by atoms with E-state index in [1.54, 1.807) is 5.57 Å². The molecular formula is C45H70O3. The van der Waals surface area contributed by atoms with E-state index in [0.717, 1.165) is 73.5 Å². The number of benzene rings is 1. The van der Waals surface area contributed by atoms with E-state index in [1.165, 1.54) is 88.2 Å². The van der Waals surface area contributed by atoms with Crippen molar-refractivity contribution >= 4 is 0 Å². The SMILES string of the molecule is CC(C)CCC[C@@H](C)[C@H]1CC[C@H]2[C@@H]3CC=C4C[C@@H](O)CC[C@]4(C)[C@H]3CC[C@]12C.C[C@]12CC[C@@H]3c4ccc(O)cc4CC[C@H]3[C@@H]1CCC2O. The summed E-state index contributed by atoms with van der Waals surface area (Å²) in [7, 11) is 0. The molecule has 3 N–H and O–H groups in total. The van der Waals surface area contributed by atoms with Crippen molar-refractivity contribution in [3.05, 3.63) is 41.0 Å². The highest BCUT2D eigenvalue weighted by molar-refractivity contribution is 5.40. The number of aliphatic hydroxyl groups is 2. The molecule has 48 heavy (non-hydrogen) atoms. The van der Waals surface area contributed by atoms with Crippen LogP contribution in [0.1, 0.15) is 161 Å². The molecule has 5 saturated carbocycles. The standard InChI is InChI=1S/C27H46O.C18H24O2/c1-18(2)7-6-8-19(3)23-11-12-24-22-10-9-20-17-21(28)13-15-26(20,4)25(22)14-16-27(23,24)5;1-18-9-8-14-13-5-3-12(19)10-11(13)2-4-15(14)16(18)6-7-17(18)20/h9,18-19,21-25,28H,6-8,10-17H2,1-5H3;3,5,10,14-17,19-20H,2,4,6-9H2,1H3/t19-,21+,22+,23-,24+,25+,26+,27-;14-,15-,16+,17?,18+/m11/s1. The summed E-state index contributed by atoms with van der Waals surface area (Å²) in [6.45, 7) is 14.9. The van der Waals surface area contributed by atoms with Gasteiger partial charge in [-0.3, -0.25) is 0 Å². The van der Waals surface area contributed by atoms with Gasteiger partial charge in [0, 0.05) is 0 Å². The van der Waals surface area contributed by atoms with Crippen LogP contribution in [-0.2, 0) is 6.42 Å². The van der Waals surface area contributed by atoms with Crippen molar-refractivity contribution in [1.29, 1.82) is 0 Å². The van der Waals surface area contributed by atoms with E-state index in [0.29, 0.717) is 28.4 Å². The van der Waals surface area contributed by atoms with Gasteiger partial charge in [0.1, 0.15) is 5.75 Å². The smallest absolute Gasteiger partial charge is 0.115 e. The van der Waals surface area contributed by atoms with Gasteiger partial charge in [-0.25, -0.2) is 0 Å². The van der Waals surface area contributed by atoms with Crippen LogP contribution in [0.3, 0.4) is 0 Å². The van der Waals surface area contributed by atoms with Crippen LogP contribution >= 0.6 is 0 Å². The Morgan fingerprint density at radius 2 is 1.52 bits per heavy atom. The Balaban J connectivity index is 0.000000160. The van der Waals surface area contributed by atoms with Crippen molar-refractivity contribution in [2.75, 3.05) is 0 Å². The molecule has 1 aromatic carbocycles. The average Bonchev–Trinajstić information content (AvgIpc) is 3.57. The van der Waals surface area contributed by atoms with Crippen molar-refractivity contribution in [3.63, 3.8) is 0 Å². The van der Waals surface area contributed by atoms with Gasteiger partial charge in [-0.2, -0.15) is 0 Å². The molecule has 1 aromatic rings. The molecule has 0 radical (unpaired) electrons. The minimum absolute atomic E-state index is 0.0766. The Morgan fingerprint density at radius 1 is 0.771 bits per heavy atom. The predicted molar refractivity (Wildman–Crippen MR) is 198 cm³/mol. The third-order valence-electron chi connectivity index (χ3n) is 16.9. The van der Waals surface area contributed by atoms with Gasteiger partial charge in [-0.15, -0.1) is 0 Å². The van der Waals surface area contributed by atoms with Crippen molar-refractivity contribution in [3.8, 4) is 5.75 Å². The topological polar surface area (TPSA) is 60.7 Å². The Kier molecular flexibility index (Phi) is 9.75. The summed E-state index contributed by atoms with van der Waals surface area (Å²) in [6.07, 6.45) is 23.9. The fourth-order valence-electron chi connectivity index (χ4n) is 14.2. The number of rotatable bonds is 5. The van der Waals surface area contributed by atoms with E-state index in [1.807, 2.05) is 12.1 Å². The third-order valence-corrected chi connectivity index (χ3v) is 16.9. The van der Waals surface area contributed by atoms with Crippen LogP contribution in [0, 0.1) is 63.6 Å². The van der Waals surface area contributed by atoms with Crippen molar-refractivity contribution in [2.24, 2.45) is 63.6 Å². The number of phenols is 1. The van der Waals surface area contributed by atoms with E-state index in [2.05, 4.69) is 53.7 Å². The predicted octanol–water partition coefficient (Wildman–Crippen LogP) is 11.0. The van der Waals surface area contributed by atoms with Crippen molar-refractivity contribution in [2.45, 2.75) is 169 Å². The summed E-state index contributed by atoms with van der Waals surface area (Å²) in [6, 6.07) is 5.96. The summed E-state index contributed by atoms with van der Waals surface area (Å²) in [5, 5.41) is 30.3. The number of hydrogen-bond acceptors (Lipinski definition) is 3. The highest BCUT2D eigenvalue weighted by Crippen LogP contribution is 2.67. The average molecular weight is 659 g/mol. The summed E-state index contributed by atoms with van der Waals surface area (Å²) in [5.41, 5.74) is 5.59. The minimum atomic E-state index is -0.0883. The minimum Gasteiger partial charge on any atom is -0.508 e. The quantitative estimate of drug-likeness (QED) is 0.276. The first kappa shape index (κ1) is 35.1. The van der Waals surface area contributed by atoms with Crippen molar-refractivity contribution in [1.82, 2.24) is 0 Å². The summed E-state index contributed by atoms with van der Waals surface area (Å²) in [5.74, 6) is 7.95. The normalized spacial score (nSPS) is 44.9. The second-order valence-electron chi connectivity index (χ2n) is 19.6. The molecule has 0 heterocycles. The molecule has 5 fully saturated rings. The molecular weight excluding hydrogens is 588 g/mol. The number of aliphatic hydroxyl groups excluding tert-OH is 2. The first-order valence-electron chi connectivity index (χ1n) is 20.7. The lowest BCUT2D eigenvalue weighted by Gasteiger charge is -2.58. The molecule has 0 aliphatic heterocycles. The maximum Gasteiger partial charge on any atom is 0.115 e. The summed E-state index contributed by atoms with van der Waals surface area (Å²) >= 11 is 0. The van der Waals surface area contributed by atoms with E-state index in [-0.39, 0.29) is 17.6 Å². The van der Waals surface area contributed by atoms with Crippen LogP contribution in [-0.4, -0.2) is 27.5 Å². The third kappa shape index (κ3) is 5.95. The maximum absolute atomic E-state index is 10.4. The monoisotopic (exact) mass is 659 g/mol. The molecule has 0 spiro atoms. The van der Waals surface area contributed by atoms with Gasteiger partial charge in [-0.1, -0.05) is 78.5 Å². The number of phenolic OH excluding ortho intramolecular Hbond substituents is 1. The van der Waals surface area contributed by atoms with Gasteiger partial charge < -0.3 is 15.3 Å². The molecule has 0 amide bonds. The molecule has 0 aromatic heterocycles. The number of aromatic hydroxyl groups is 1. The van der Waals surface area contributed by atoms with Gasteiger partial charge in [-0.05, 0) is 183 Å². The first-order chi connectivity index (χ1) is 22.8. The van der Waals surface area contributed by atoms with Crippen LogP contribution in [0.2, 0.25) is 0 Å². The fourth-order valence-corrected chi connectivity index (χ4v) is 14.2. The van der Waals surface area contributed by atoms with Crippen LogP contribution in [0.15, 0.2) is 29.8 Å². The van der Waals surface area contributed by atoms with Gasteiger partial charge in [0.15, 0.2) is 0 Å². The Labute approximate surface area is 293 Å². The van der Waals surface area contributed by atoms with Crippen molar-refractivity contribution < 1.29 is 15.3 Å². The zero-order valence-corrected chi connectivity index (χ0v) is 31.5. The van der Waals surface area contributed by atoms with Gasteiger partial charge in [0.2, 0.25) is 0 Å². The lowest BCUT2D eigenvalue weighted by Crippen LogP contribution is -2.50. The maximum atomic E-state index is 10.4. The second kappa shape index (κ2) is 13.3. The lowest BCUT2D eigenvalue weighted by atomic mass is 9.47. The Bertz CT molecular complexity index is 1330.